The van der Waals surface area contributed by atoms with Crippen molar-refractivity contribution in [1.29, 1.82) is 0 Å². The minimum Gasteiger partial charge on any atom is -0.756 e. The molecule has 3 aromatic carbocycles. The molecule has 0 bridgehead atoms. The normalized spacial score (nSPS) is 21.6. The number of fused-ring (bicyclic) bond motifs is 2. The Bertz CT molecular complexity index is 6790. The summed E-state index contributed by atoms with van der Waals surface area (Å²) in [5.41, 5.74) is 31.2. The number of phosphoric acid groups is 6. The Hall–Kier alpha value is -6.53. The Morgan fingerprint density at radius 1 is 0.619 bits per heavy atom. The molecular weight excluding hydrogens is 2350 g/mol. The predicted molar refractivity (Wildman–Crippen MR) is 527 cm³/mol. The van der Waals surface area contributed by atoms with Gasteiger partial charge < -0.3 is 139 Å². The third kappa shape index (κ3) is 37.1. The van der Waals surface area contributed by atoms with Crippen LogP contribution < -0.4 is 63.0 Å². The van der Waals surface area contributed by atoms with Crippen LogP contribution in [0.25, 0.3) is 43.2 Å². The van der Waals surface area contributed by atoms with Crippen molar-refractivity contribution in [3.05, 3.63) is 178 Å². The second-order valence-corrected chi connectivity index (χ2v) is 54.5. The number of carbonyl (C=O) groups is 3. The van der Waals surface area contributed by atoms with Crippen LogP contribution in [0.5, 0.6) is 17.5 Å². The number of nitrogens with two attached hydrogens (primary N) is 2. The van der Waals surface area contributed by atoms with Crippen molar-refractivity contribution in [1.82, 2.24) is 63.0 Å². The minimum absolute atomic E-state index is 0. The van der Waals surface area contributed by atoms with E-state index in [9.17, 15) is 95.5 Å². The van der Waals surface area contributed by atoms with Crippen LogP contribution in [-0.4, -0.2) is 232 Å². The van der Waals surface area contributed by atoms with E-state index < -0.39 is 156 Å². The number of aromatic nitrogens is 12. The number of benzene rings is 3. The van der Waals surface area contributed by atoms with Crippen LogP contribution in [-0.2, 0) is 133 Å². The summed E-state index contributed by atoms with van der Waals surface area (Å²) in [4.78, 5) is 186. The van der Waals surface area contributed by atoms with Gasteiger partial charge in [-0.15, -0.1) is 0 Å². The molecule has 4 aliphatic heterocycles. The zero-order chi connectivity index (χ0) is 107. The number of methoxy groups -OCH3 is 1. The number of carbonyl (C=O) groups excluding carboxylic acids is 3. The van der Waals surface area contributed by atoms with Crippen LogP contribution >= 0.6 is 139 Å². The Balaban J connectivity index is 0.000000218. The third-order valence-corrected chi connectivity index (χ3v) is 39.9. The molecule has 1 radical (unpaired) electrons. The molecule has 78 heteroatoms. The summed E-state index contributed by atoms with van der Waals surface area (Å²) in [7, 11) is -23.4. The van der Waals surface area contributed by atoms with Crippen molar-refractivity contribution in [2.45, 2.75) is 131 Å². The topological polar surface area (TPSA) is 896 Å². The number of hydrogen-bond donors (Lipinski definition) is 14. The van der Waals surface area contributed by atoms with Crippen molar-refractivity contribution in [2.75, 3.05) is 74.7 Å². The smallest absolute Gasteiger partial charge is 0.487 e. The fourth-order valence-electron chi connectivity index (χ4n) is 13.5. The number of nitrogen functional groups attached to an aromatic ring is 2. The Kier molecular flexibility index (Phi) is 48.6. The number of hydrogen-bond acceptors (Lipinski definition) is 48. The quantitative estimate of drug-likeness (QED) is 0.00323. The number of rotatable bonds is 46. The molecule has 147 heavy (non-hydrogen) atoms. The van der Waals surface area contributed by atoms with E-state index in [4.69, 9.17) is 85.0 Å². The van der Waals surface area contributed by atoms with Crippen LogP contribution in [0.15, 0.2) is 116 Å². The zero-order valence-electron chi connectivity index (χ0n) is 75.8. The second kappa shape index (κ2) is 57.6. The van der Waals surface area contributed by atoms with Crippen molar-refractivity contribution < 1.29 is 203 Å². The van der Waals surface area contributed by atoms with Crippen molar-refractivity contribution in [3.8, 4) is 17.5 Å². The number of amides is 2. The molecule has 4 fully saturated rings. The summed E-state index contributed by atoms with van der Waals surface area (Å²) in [5.74, 6) is 0.222. The first kappa shape index (κ1) is 124. The Morgan fingerprint density at radius 2 is 1.09 bits per heavy atom. The average molecular weight is 2440 g/mol. The van der Waals surface area contributed by atoms with E-state index >= 15 is 0 Å². The molecule has 0 spiro atoms. The van der Waals surface area contributed by atoms with Gasteiger partial charge in [0.05, 0.1) is 86.5 Å². The summed E-state index contributed by atoms with van der Waals surface area (Å²) in [6, 6.07) is 20.3. The van der Waals surface area contributed by atoms with E-state index in [1.807, 2.05) is 18.6 Å². The van der Waals surface area contributed by atoms with Gasteiger partial charge in [-0.05, 0) is 105 Å². The fraction of sp³-hybridized carbons (Fsp3) is 0.435. The van der Waals surface area contributed by atoms with E-state index in [-0.39, 0.29) is 134 Å². The molecule has 16 N–H and O–H groups in total. The van der Waals surface area contributed by atoms with Crippen LogP contribution in [0.3, 0.4) is 0 Å². The number of azide groups is 2. The molecule has 0 saturated carbocycles. The largest absolute Gasteiger partial charge is 0.756 e. The maximum absolute atomic E-state index is 12.8. The molecule has 20 atom stereocenters. The number of nitrogens with zero attached hydrogens (tertiary/aromatic N) is 18. The summed E-state index contributed by atoms with van der Waals surface area (Å²) in [6.07, 6.45) is -0.276. The average Bonchev–Trinajstić information content (AvgIpc) is 1.64. The molecule has 797 valence electrons. The number of phosphoric ester groups is 2. The first-order valence-corrected chi connectivity index (χ1v) is 65.2. The van der Waals surface area contributed by atoms with Crippen molar-refractivity contribution in [3.63, 3.8) is 0 Å². The predicted octanol–water partition coefficient (Wildman–Crippen LogP) is 8.45. The van der Waals surface area contributed by atoms with Crippen LogP contribution in [0.4, 0.5) is 29.1 Å². The molecular formula is C69H87N22O39P12S4Y-3. The van der Waals surface area contributed by atoms with Crippen LogP contribution in [0, 0.1) is 6.07 Å². The Labute approximate surface area is 878 Å². The summed E-state index contributed by atoms with van der Waals surface area (Å²) in [5, 5.41) is 53.4. The van der Waals surface area contributed by atoms with Gasteiger partial charge in [0, 0.05) is 111 Å². The van der Waals surface area contributed by atoms with Gasteiger partial charge in [0.2, 0.25) is 29.6 Å². The molecule has 0 aliphatic carbocycles. The molecule has 10 heterocycles. The van der Waals surface area contributed by atoms with E-state index in [1.165, 1.54) is 60.4 Å². The molecule has 4 aliphatic rings. The van der Waals surface area contributed by atoms with Crippen LogP contribution in [0.1, 0.15) is 106 Å². The van der Waals surface area contributed by atoms with E-state index in [2.05, 4.69) is 97.9 Å². The molecule has 9 aromatic rings. The molecule has 14 unspecified atom stereocenters. The summed E-state index contributed by atoms with van der Waals surface area (Å²) >= 11 is 0. The fourth-order valence-corrected chi connectivity index (χ4v) is 28.4. The van der Waals surface area contributed by atoms with Gasteiger partial charge in [0.15, 0.2) is 38.6 Å². The van der Waals surface area contributed by atoms with E-state index in [0.717, 1.165) is 26.5 Å². The molecule has 4 saturated heterocycles. The number of aliphatic hydroxyl groups is 4. The summed E-state index contributed by atoms with van der Waals surface area (Å²) < 4.78 is 157. The van der Waals surface area contributed by atoms with Gasteiger partial charge in [0.1, 0.15) is 61.9 Å². The standard InChI is InChI=1S/C19H22N9O5P3.C18H21N8O5P3.C18H24N3O14P3S2.C14H22N2O15P3S2.Y/c1-22-17(30)10-4-9(2-3-11(10)26-27-21)6-32-18-15-16(24-19(20)25-18)28(8-23-15)14-5-12(29)13(33-14)7-34-36-35-31;1-29-12-4-9(2-3-10(12)24-25-20)6-30-17-15-16(22-18(19)23-17)26(8-21-15)14-5-11(27)13(31-14)7-32-34-33-28;1-39-40-10-11-4-2-3-5-12(11)17(23)19-15-6-7-21(18(24)20-15)16-8-13(22)14(33-16)9-32-37(28,29)35-38(30,31)34-36(25,26)27;1-35-36-6-2-3-11(18)16-12(19)4-5-15(14(16)20)13-7-9(17)10(29-13)8-28-33(24,25)31-34(26,27)30-32(21,22)23;/h2-4,8,12-14,29,34,36H,5-7H2,1H3,(H,22,30)(H2,20,24,25);2-4,8,11,13-14,27,32,34H,5-7H2,1H3,(H2,19,22,23);2-7,13-14,16,22H,8-10H2,1H3,(H,28,29)(H,30,31)(H2,25,26,27)(H,19,20,23,24);5,9-10,13,17H,2-3,6-8H2,1H3,(H,24,25)(H,26,27)(H2,21,22,23);/q;;;-1;/p-2/t;;13-,14-,16-;9-,10-,13-;/m..11./s1. The van der Waals surface area contributed by atoms with Gasteiger partial charge in [-0.2, -0.15) is 39.7 Å². The molecule has 2 amide bonds. The number of ether oxygens (including phenoxy) is 7. The molecule has 61 nitrogen and oxygen atoms in total. The first-order valence-electron chi connectivity index (χ1n) is 41.1. The molecule has 13 rings (SSSR count). The molecule has 6 aromatic heterocycles. The number of aliphatic hydroxyl groups excluding tert-OH is 4. The number of nitrogens with one attached hydrogen (secondary N) is 2. The van der Waals surface area contributed by atoms with E-state index in [0.29, 0.717) is 125 Å². The van der Waals surface area contributed by atoms with E-state index in [1.54, 1.807) is 85.6 Å². The van der Waals surface area contributed by atoms with Gasteiger partial charge in [-0.25, -0.2) is 51.0 Å². The minimum atomic E-state index is -5.79. The summed E-state index contributed by atoms with van der Waals surface area (Å²) in [6.45, 7) is -1.81. The number of anilines is 3. The van der Waals surface area contributed by atoms with Crippen molar-refractivity contribution in [2.24, 2.45) is 10.2 Å². The van der Waals surface area contributed by atoms with Gasteiger partial charge in [0.25, 0.3) is 27.5 Å². The van der Waals surface area contributed by atoms with Gasteiger partial charge in [-0.1, -0.05) is 106 Å². The monoisotopic (exact) mass is 2440 g/mol. The maximum atomic E-state index is 12.8. The van der Waals surface area contributed by atoms with Crippen molar-refractivity contribution >= 4 is 208 Å². The number of imidazole rings is 2. The van der Waals surface area contributed by atoms with Crippen LogP contribution in [0.2, 0.25) is 0 Å². The van der Waals surface area contributed by atoms with Gasteiger partial charge >= 0.3 is 42.7 Å². The second-order valence-electron chi connectivity index (χ2n) is 29.6. The zero-order valence-corrected chi connectivity index (χ0v) is 93.1. The SMILES string of the molecule is CNC(=O)c1cc(COc2nc(N)nc3c2ncn3C2CC(O)C(CPPP=O)O2)ccc1N=[N+]=[N-].COc1cc(COc2nc(N)nc3c2ncn3C2CC(O)C(CPPP=O)O2)ccc1N=[N+]=[N-].CSSCCCC(=O)n1c(=O)[c-]cn([C@H]2C[C@@H](O)[C@@H](COP(=O)([O-])OP(=O)(O)OP(=O)(O)O)O2)c1=O.CSSCc1ccccc1C(=O)Nc1ccn([C@H]2C[C@@H](O)[C@@H](COP(=O)([O-])OP(=O)(O)OP(=O)(O)O)O2)c(=O)n1.[Y]. The third-order valence-electron chi connectivity index (χ3n) is 19.8. The Morgan fingerprint density at radius 3 is 1.56 bits per heavy atom. The maximum Gasteiger partial charge on any atom is 0.487 e. The van der Waals surface area contributed by atoms with Gasteiger partial charge in [-0.3, -0.25) is 46.3 Å². The first-order chi connectivity index (χ1) is 69.1.